The summed E-state index contributed by atoms with van der Waals surface area (Å²) in [6.07, 6.45) is 19.1. The molecule has 0 saturated heterocycles. The minimum atomic E-state index is 0.483. The Labute approximate surface area is 144 Å². The third-order valence-electron chi connectivity index (χ3n) is 7.42. The standard InChI is InChI=1S/C21H39N2/c1-15(18-7-11-21(23)12-8-18)19-4-2-3-17(14-19)13-16-5-9-20(22)10-6-16/h13,15-21H,2-12,14,22-23H2,1H3/q+1. The van der Waals surface area contributed by atoms with Gasteiger partial charge in [-0.25, -0.2) is 0 Å². The minimum absolute atomic E-state index is 0.483. The molecule has 0 radical (unpaired) electrons. The van der Waals surface area contributed by atoms with Gasteiger partial charge in [-0.15, -0.1) is 0 Å². The van der Waals surface area contributed by atoms with Crippen molar-refractivity contribution in [2.24, 2.45) is 41.1 Å². The molecule has 3 aliphatic rings. The molecule has 3 fully saturated rings. The quantitative estimate of drug-likeness (QED) is 0.740. The van der Waals surface area contributed by atoms with Crippen molar-refractivity contribution < 1.29 is 0 Å². The molecule has 23 heavy (non-hydrogen) atoms. The van der Waals surface area contributed by atoms with Gasteiger partial charge in [0.1, 0.15) is 0 Å². The Kier molecular flexibility index (Phi) is 6.31. The molecular weight excluding hydrogens is 280 g/mol. The van der Waals surface area contributed by atoms with E-state index in [1.165, 1.54) is 77.0 Å². The van der Waals surface area contributed by atoms with Crippen LogP contribution >= 0.6 is 0 Å². The van der Waals surface area contributed by atoms with Crippen LogP contribution in [0, 0.1) is 36.0 Å². The zero-order valence-corrected chi connectivity index (χ0v) is 15.3. The Bertz CT molecular complexity index is 340. The van der Waals surface area contributed by atoms with Crippen LogP contribution in [0.1, 0.15) is 84.0 Å². The molecule has 0 aromatic heterocycles. The molecule has 2 nitrogen and oxygen atoms in total. The molecule has 3 atom stereocenters. The van der Waals surface area contributed by atoms with Gasteiger partial charge in [0, 0.05) is 12.1 Å². The Morgan fingerprint density at radius 1 is 0.696 bits per heavy atom. The smallest absolute Gasteiger partial charge is 0.0983 e. The first-order valence-electron chi connectivity index (χ1n) is 10.5. The fourth-order valence-corrected chi connectivity index (χ4v) is 5.70. The highest BCUT2D eigenvalue weighted by Gasteiger charge is 2.37. The molecule has 132 valence electrons. The van der Waals surface area contributed by atoms with Gasteiger partial charge in [0.2, 0.25) is 0 Å². The average Bonchev–Trinajstić information content (AvgIpc) is 2.57. The van der Waals surface area contributed by atoms with E-state index in [1.54, 1.807) is 0 Å². The molecule has 2 heteroatoms. The lowest BCUT2D eigenvalue weighted by Gasteiger charge is -2.38. The van der Waals surface area contributed by atoms with Crippen LogP contribution in [-0.2, 0) is 0 Å². The van der Waals surface area contributed by atoms with Crippen LogP contribution in [0.3, 0.4) is 0 Å². The lowest BCUT2D eigenvalue weighted by atomic mass is 9.66. The molecule has 3 rings (SSSR count). The summed E-state index contributed by atoms with van der Waals surface area (Å²) in [7, 11) is 0. The second-order valence-corrected chi connectivity index (χ2v) is 9.09. The van der Waals surface area contributed by atoms with Crippen molar-refractivity contribution in [2.75, 3.05) is 0 Å². The first-order chi connectivity index (χ1) is 11.1. The van der Waals surface area contributed by atoms with Gasteiger partial charge in [0.25, 0.3) is 0 Å². The Morgan fingerprint density at radius 3 is 1.96 bits per heavy atom. The zero-order chi connectivity index (χ0) is 16.2. The summed E-state index contributed by atoms with van der Waals surface area (Å²) >= 11 is 0. The van der Waals surface area contributed by atoms with Gasteiger partial charge >= 0.3 is 0 Å². The summed E-state index contributed by atoms with van der Waals surface area (Å²) < 4.78 is 0. The molecular formula is C21H39N2+. The fraction of sp³-hybridized carbons (Fsp3) is 0.952. The van der Waals surface area contributed by atoms with Gasteiger partial charge in [-0.1, -0.05) is 6.92 Å². The Hall–Kier alpha value is -0.210. The second-order valence-electron chi connectivity index (χ2n) is 9.09. The third kappa shape index (κ3) is 4.89. The highest BCUT2D eigenvalue weighted by Crippen LogP contribution is 2.43. The topological polar surface area (TPSA) is 52.0 Å². The molecule has 0 bridgehead atoms. The maximum atomic E-state index is 6.10. The van der Waals surface area contributed by atoms with Crippen LogP contribution in [0.15, 0.2) is 0 Å². The van der Waals surface area contributed by atoms with Crippen molar-refractivity contribution >= 4 is 0 Å². The largest absolute Gasteiger partial charge is 0.328 e. The van der Waals surface area contributed by atoms with E-state index < -0.39 is 0 Å². The maximum Gasteiger partial charge on any atom is 0.0983 e. The van der Waals surface area contributed by atoms with Crippen LogP contribution in [0.25, 0.3) is 0 Å². The second kappa shape index (κ2) is 8.25. The molecule has 0 aliphatic heterocycles. The van der Waals surface area contributed by atoms with E-state index in [2.05, 4.69) is 13.3 Å². The van der Waals surface area contributed by atoms with Crippen molar-refractivity contribution in [1.82, 2.24) is 0 Å². The van der Waals surface area contributed by atoms with E-state index in [-0.39, 0.29) is 0 Å². The summed E-state index contributed by atoms with van der Waals surface area (Å²) in [4.78, 5) is 0. The summed E-state index contributed by atoms with van der Waals surface area (Å²) in [6.45, 7) is 2.55. The van der Waals surface area contributed by atoms with Gasteiger partial charge in [0.05, 0.1) is 18.3 Å². The van der Waals surface area contributed by atoms with Gasteiger partial charge < -0.3 is 11.5 Å². The third-order valence-corrected chi connectivity index (χ3v) is 7.42. The highest BCUT2D eigenvalue weighted by molar-refractivity contribution is 4.92. The van der Waals surface area contributed by atoms with E-state index in [4.69, 9.17) is 11.5 Å². The lowest BCUT2D eigenvalue weighted by molar-refractivity contribution is 0.131. The van der Waals surface area contributed by atoms with Crippen molar-refractivity contribution in [3.63, 3.8) is 0 Å². The first kappa shape index (κ1) is 17.6. The Balaban J connectivity index is 1.45. The SMILES string of the molecule is CC(C1CCC(N)CC1)C1CCCC([CH+]C2CCC(N)CC2)C1. The fourth-order valence-electron chi connectivity index (χ4n) is 5.70. The highest BCUT2D eigenvalue weighted by atomic mass is 14.6. The molecule has 3 aliphatic carbocycles. The van der Waals surface area contributed by atoms with E-state index in [1.807, 2.05) is 0 Å². The molecule has 0 amide bonds. The van der Waals surface area contributed by atoms with Crippen molar-refractivity contribution in [2.45, 2.75) is 96.1 Å². The first-order valence-corrected chi connectivity index (χ1v) is 10.5. The maximum absolute atomic E-state index is 6.10. The number of rotatable bonds is 4. The van der Waals surface area contributed by atoms with Gasteiger partial charge in [0.15, 0.2) is 0 Å². The summed E-state index contributed by atoms with van der Waals surface area (Å²) in [5.74, 6) is 4.59. The molecule has 4 N–H and O–H groups in total. The molecule has 0 heterocycles. The predicted molar refractivity (Wildman–Crippen MR) is 98.8 cm³/mol. The number of nitrogens with two attached hydrogens (primary N) is 2. The normalized spacial score (nSPS) is 43.8. The monoisotopic (exact) mass is 319 g/mol. The van der Waals surface area contributed by atoms with Crippen LogP contribution in [0.2, 0.25) is 0 Å². The summed E-state index contributed by atoms with van der Waals surface area (Å²) in [5.41, 5.74) is 12.2. The molecule has 3 unspecified atom stereocenters. The van der Waals surface area contributed by atoms with E-state index >= 15 is 0 Å². The predicted octanol–water partition coefficient (Wildman–Crippen LogP) is 4.67. The van der Waals surface area contributed by atoms with Crippen LogP contribution < -0.4 is 11.5 Å². The minimum Gasteiger partial charge on any atom is -0.328 e. The van der Waals surface area contributed by atoms with Crippen LogP contribution in [0.4, 0.5) is 0 Å². The molecule has 0 aromatic carbocycles. The average molecular weight is 320 g/mol. The van der Waals surface area contributed by atoms with E-state index in [0.29, 0.717) is 12.1 Å². The van der Waals surface area contributed by atoms with Gasteiger partial charge in [-0.2, -0.15) is 0 Å². The summed E-state index contributed by atoms with van der Waals surface area (Å²) in [5, 5.41) is 0. The van der Waals surface area contributed by atoms with Gasteiger partial charge in [-0.05, 0) is 94.8 Å². The van der Waals surface area contributed by atoms with Crippen LogP contribution in [-0.4, -0.2) is 12.1 Å². The number of hydrogen-bond donors (Lipinski definition) is 2. The molecule has 3 saturated carbocycles. The van der Waals surface area contributed by atoms with Crippen molar-refractivity contribution in [1.29, 1.82) is 0 Å². The van der Waals surface area contributed by atoms with Crippen LogP contribution in [0.5, 0.6) is 0 Å². The van der Waals surface area contributed by atoms with Crippen molar-refractivity contribution in [3.8, 4) is 0 Å². The zero-order valence-electron chi connectivity index (χ0n) is 15.3. The van der Waals surface area contributed by atoms with E-state index in [0.717, 1.165) is 29.6 Å². The Morgan fingerprint density at radius 2 is 1.30 bits per heavy atom. The molecule has 0 spiro atoms. The van der Waals surface area contributed by atoms with Crippen molar-refractivity contribution in [3.05, 3.63) is 6.42 Å². The molecule has 0 aromatic rings. The number of hydrogen-bond acceptors (Lipinski definition) is 2. The van der Waals surface area contributed by atoms with E-state index in [9.17, 15) is 0 Å². The lowest BCUT2D eigenvalue weighted by Crippen LogP contribution is -2.33. The summed E-state index contributed by atoms with van der Waals surface area (Å²) in [6, 6.07) is 0.972. The van der Waals surface area contributed by atoms with Gasteiger partial charge in [-0.3, -0.25) is 0 Å².